The van der Waals surface area contributed by atoms with Crippen LogP contribution in [0, 0.1) is 0 Å². The lowest BCUT2D eigenvalue weighted by Crippen LogP contribution is -2.45. The van der Waals surface area contributed by atoms with Crippen LogP contribution in [0.4, 0.5) is 0 Å². The molecule has 0 aliphatic heterocycles. The van der Waals surface area contributed by atoms with Gasteiger partial charge in [0.05, 0.1) is 25.4 Å². The molecule has 1 amide bonds. The van der Waals surface area contributed by atoms with Gasteiger partial charge < -0.3 is 20.3 Å². The van der Waals surface area contributed by atoms with Crippen LogP contribution in [0.5, 0.6) is 0 Å². The molecular formula is C82H161NO5. The van der Waals surface area contributed by atoms with Crippen LogP contribution in [0.25, 0.3) is 0 Å². The molecule has 0 radical (unpaired) electrons. The van der Waals surface area contributed by atoms with Crippen LogP contribution in [-0.2, 0) is 14.3 Å². The van der Waals surface area contributed by atoms with Gasteiger partial charge in [-0.05, 0) is 51.4 Å². The molecule has 524 valence electrons. The lowest BCUT2D eigenvalue weighted by molar-refractivity contribution is -0.143. The van der Waals surface area contributed by atoms with E-state index in [1.54, 1.807) is 0 Å². The second-order valence-electron chi connectivity index (χ2n) is 28.5. The molecular weight excluding hydrogens is 1080 g/mol. The van der Waals surface area contributed by atoms with Crippen LogP contribution in [0.2, 0.25) is 0 Å². The van der Waals surface area contributed by atoms with Crippen molar-refractivity contribution in [3.8, 4) is 0 Å². The van der Waals surface area contributed by atoms with Gasteiger partial charge in [0.2, 0.25) is 5.91 Å². The number of rotatable bonds is 78. The first-order chi connectivity index (χ1) is 43.5. The maximum Gasteiger partial charge on any atom is 0.305 e. The van der Waals surface area contributed by atoms with E-state index >= 15 is 0 Å². The maximum absolute atomic E-state index is 12.6. The van der Waals surface area contributed by atoms with E-state index in [1.165, 1.54) is 405 Å². The first kappa shape index (κ1) is 86.6. The second kappa shape index (κ2) is 78.0. The van der Waals surface area contributed by atoms with Gasteiger partial charge in [0.15, 0.2) is 0 Å². The van der Waals surface area contributed by atoms with Crippen molar-refractivity contribution in [1.29, 1.82) is 0 Å². The molecule has 0 spiro atoms. The van der Waals surface area contributed by atoms with Gasteiger partial charge in [-0.2, -0.15) is 0 Å². The summed E-state index contributed by atoms with van der Waals surface area (Å²) in [6.45, 7) is 5.01. The van der Waals surface area contributed by atoms with Crippen molar-refractivity contribution in [2.45, 2.75) is 488 Å². The zero-order chi connectivity index (χ0) is 63.5. The van der Waals surface area contributed by atoms with Gasteiger partial charge in [-0.25, -0.2) is 0 Å². The average Bonchev–Trinajstić information content (AvgIpc) is 3.57. The number of allylic oxidation sites excluding steroid dienone is 2. The summed E-state index contributed by atoms with van der Waals surface area (Å²) in [7, 11) is 0. The van der Waals surface area contributed by atoms with Gasteiger partial charge in [-0.15, -0.1) is 0 Å². The van der Waals surface area contributed by atoms with E-state index in [0.717, 1.165) is 38.5 Å². The third-order valence-electron chi connectivity index (χ3n) is 19.6. The van der Waals surface area contributed by atoms with Crippen molar-refractivity contribution < 1.29 is 24.5 Å². The van der Waals surface area contributed by atoms with E-state index in [0.29, 0.717) is 25.9 Å². The Morgan fingerprint density at radius 3 is 0.807 bits per heavy atom. The number of amides is 1. The Bertz CT molecular complexity index is 1340. The van der Waals surface area contributed by atoms with Crippen LogP contribution < -0.4 is 5.32 Å². The number of carbonyl (C=O) groups excluding carboxylic acids is 2. The molecule has 6 nitrogen and oxygen atoms in total. The average molecular weight is 1240 g/mol. The van der Waals surface area contributed by atoms with Crippen molar-refractivity contribution in [3.05, 3.63) is 12.2 Å². The maximum atomic E-state index is 12.6. The summed E-state index contributed by atoms with van der Waals surface area (Å²) in [6.07, 6.45) is 98.8. The van der Waals surface area contributed by atoms with Crippen LogP contribution >= 0.6 is 0 Å². The Labute approximate surface area is 552 Å². The molecule has 6 heteroatoms. The predicted molar refractivity (Wildman–Crippen MR) is 389 cm³/mol. The lowest BCUT2D eigenvalue weighted by atomic mass is 10.0. The molecule has 2 unspecified atom stereocenters. The zero-order valence-electron chi connectivity index (χ0n) is 60.3. The van der Waals surface area contributed by atoms with Gasteiger partial charge in [0, 0.05) is 12.8 Å². The number of carbonyl (C=O) groups is 2. The summed E-state index contributed by atoms with van der Waals surface area (Å²) in [4.78, 5) is 24.7. The lowest BCUT2D eigenvalue weighted by Gasteiger charge is -2.22. The largest absolute Gasteiger partial charge is 0.466 e. The minimum absolute atomic E-state index is 0.0217. The van der Waals surface area contributed by atoms with Crippen molar-refractivity contribution in [1.82, 2.24) is 5.32 Å². The van der Waals surface area contributed by atoms with Crippen molar-refractivity contribution >= 4 is 11.9 Å². The fraction of sp³-hybridized carbons (Fsp3) is 0.951. The number of ether oxygens (including phenoxy) is 1. The Balaban J connectivity index is 3.31. The monoisotopic (exact) mass is 1240 g/mol. The van der Waals surface area contributed by atoms with Gasteiger partial charge >= 0.3 is 5.97 Å². The molecule has 0 heterocycles. The number of esters is 1. The number of unbranched alkanes of at least 4 members (excludes halogenated alkanes) is 65. The fourth-order valence-electron chi connectivity index (χ4n) is 13.3. The molecule has 0 aliphatic rings. The normalized spacial score (nSPS) is 12.5. The molecule has 0 aromatic carbocycles. The van der Waals surface area contributed by atoms with E-state index in [-0.39, 0.29) is 18.5 Å². The fourth-order valence-corrected chi connectivity index (χ4v) is 13.3. The molecule has 0 fully saturated rings. The third-order valence-corrected chi connectivity index (χ3v) is 19.6. The van der Waals surface area contributed by atoms with E-state index in [4.69, 9.17) is 4.74 Å². The van der Waals surface area contributed by atoms with Gasteiger partial charge in [-0.1, -0.05) is 424 Å². The van der Waals surface area contributed by atoms with E-state index in [9.17, 15) is 19.8 Å². The quantitative estimate of drug-likeness (QED) is 0.0320. The number of hydrogen-bond donors (Lipinski definition) is 3. The Morgan fingerprint density at radius 2 is 0.534 bits per heavy atom. The van der Waals surface area contributed by atoms with E-state index < -0.39 is 12.1 Å². The predicted octanol–water partition coefficient (Wildman–Crippen LogP) is 27.1. The van der Waals surface area contributed by atoms with Crippen LogP contribution in [0.15, 0.2) is 12.2 Å². The van der Waals surface area contributed by atoms with E-state index in [1.807, 2.05) is 0 Å². The number of aliphatic hydroxyl groups excluding tert-OH is 2. The third kappa shape index (κ3) is 73.6. The van der Waals surface area contributed by atoms with Crippen LogP contribution in [-0.4, -0.2) is 47.4 Å². The summed E-state index contributed by atoms with van der Waals surface area (Å²) in [5.74, 6) is -0.00316. The molecule has 0 aromatic heterocycles. The molecule has 0 saturated heterocycles. The second-order valence-corrected chi connectivity index (χ2v) is 28.5. The minimum atomic E-state index is -0.662. The molecule has 88 heavy (non-hydrogen) atoms. The minimum Gasteiger partial charge on any atom is -0.466 e. The highest BCUT2D eigenvalue weighted by atomic mass is 16.5. The Kier molecular flexibility index (Phi) is 76.8. The molecule has 0 saturated carbocycles. The highest BCUT2D eigenvalue weighted by molar-refractivity contribution is 5.76. The smallest absolute Gasteiger partial charge is 0.305 e. The van der Waals surface area contributed by atoms with E-state index in [2.05, 4.69) is 31.3 Å². The molecule has 0 rings (SSSR count). The summed E-state index contributed by atoms with van der Waals surface area (Å²) in [5.41, 5.74) is 0. The summed E-state index contributed by atoms with van der Waals surface area (Å²) in [5, 5.41) is 23.5. The summed E-state index contributed by atoms with van der Waals surface area (Å²) < 4.78 is 5.52. The molecule has 3 N–H and O–H groups in total. The van der Waals surface area contributed by atoms with Gasteiger partial charge in [0.1, 0.15) is 0 Å². The molecule has 2 atom stereocenters. The summed E-state index contributed by atoms with van der Waals surface area (Å²) in [6, 6.07) is -0.539. The zero-order valence-corrected chi connectivity index (χ0v) is 60.3. The Hall–Kier alpha value is -1.40. The first-order valence-corrected chi connectivity index (χ1v) is 40.9. The topological polar surface area (TPSA) is 95.9 Å². The van der Waals surface area contributed by atoms with Gasteiger partial charge in [0.25, 0.3) is 0 Å². The van der Waals surface area contributed by atoms with Crippen molar-refractivity contribution in [2.75, 3.05) is 13.2 Å². The number of hydrogen-bond acceptors (Lipinski definition) is 5. The molecule has 0 aromatic rings. The number of aliphatic hydroxyl groups is 2. The highest BCUT2D eigenvalue weighted by Crippen LogP contribution is 2.21. The SMILES string of the molecule is CCCCCCCC/C=C\CCCCCCCCCCCC(=O)OCCCCCCCCCCCCCCCCCCCCCCCCCCCCCCCCCC(=O)NC(CO)C(O)CCCCCCCCCCCCCCCCCCCCCCC. The van der Waals surface area contributed by atoms with Crippen LogP contribution in [0.1, 0.15) is 476 Å². The number of nitrogens with one attached hydrogen (secondary N) is 1. The van der Waals surface area contributed by atoms with Crippen molar-refractivity contribution in [2.24, 2.45) is 0 Å². The first-order valence-electron chi connectivity index (χ1n) is 40.9. The van der Waals surface area contributed by atoms with Crippen LogP contribution in [0.3, 0.4) is 0 Å². The molecule has 0 aliphatic carbocycles. The summed E-state index contributed by atoms with van der Waals surface area (Å²) >= 11 is 0. The molecule has 0 bridgehead atoms. The van der Waals surface area contributed by atoms with Gasteiger partial charge in [-0.3, -0.25) is 9.59 Å². The standard InChI is InChI=1S/C82H161NO5/c1-3-5-7-9-11-13-15-17-19-21-23-35-39-42-46-50-54-58-62-66-70-74-80(85)79(78-84)83-81(86)75-71-67-63-59-55-51-47-43-40-36-33-31-29-27-25-24-26-28-30-32-34-37-41-45-49-53-57-61-65-69-73-77-88-82(87)76-72-68-64-60-56-52-48-44-38-22-20-18-16-14-12-10-8-6-4-2/h18,20,79-80,84-85H,3-17,19,21-78H2,1-2H3,(H,83,86)/b20-18-. The van der Waals surface area contributed by atoms with Crippen molar-refractivity contribution in [3.63, 3.8) is 0 Å². The Morgan fingerprint density at radius 1 is 0.307 bits per heavy atom. The highest BCUT2D eigenvalue weighted by Gasteiger charge is 2.20.